The van der Waals surface area contributed by atoms with E-state index in [0.717, 1.165) is 36.3 Å². The van der Waals surface area contributed by atoms with Gasteiger partial charge >= 0.3 is 0 Å². The van der Waals surface area contributed by atoms with Crippen molar-refractivity contribution in [3.8, 4) is 0 Å². The number of hydrogen-bond acceptors (Lipinski definition) is 2. The highest BCUT2D eigenvalue weighted by Crippen LogP contribution is 2.24. The van der Waals surface area contributed by atoms with Crippen molar-refractivity contribution in [3.63, 3.8) is 0 Å². The summed E-state index contributed by atoms with van der Waals surface area (Å²) in [6.07, 6.45) is 0. The molecule has 0 aromatic heterocycles. The minimum atomic E-state index is -0.306. The van der Waals surface area contributed by atoms with Gasteiger partial charge in [0.25, 0.3) is 0 Å². The third-order valence-corrected chi connectivity index (χ3v) is 5.32. The van der Waals surface area contributed by atoms with Gasteiger partial charge in [-0.3, -0.25) is 9.69 Å². The van der Waals surface area contributed by atoms with E-state index in [1.165, 1.54) is 5.56 Å². The molecular formula is C26H30N2O. The number of rotatable bonds is 9. The van der Waals surface area contributed by atoms with Crippen LogP contribution in [0.15, 0.2) is 84.9 Å². The van der Waals surface area contributed by atoms with E-state index in [1.54, 1.807) is 0 Å². The highest BCUT2D eigenvalue weighted by Gasteiger charge is 2.22. The van der Waals surface area contributed by atoms with Crippen molar-refractivity contribution in [2.24, 2.45) is 0 Å². The molecule has 0 aliphatic rings. The molecule has 0 bridgehead atoms. The van der Waals surface area contributed by atoms with Crippen LogP contribution in [0.25, 0.3) is 0 Å². The van der Waals surface area contributed by atoms with Gasteiger partial charge in [0, 0.05) is 13.1 Å². The van der Waals surface area contributed by atoms with Gasteiger partial charge in [0.15, 0.2) is 0 Å². The molecule has 0 atom stereocenters. The van der Waals surface area contributed by atoms with Crippen LogP contribution in [-0.2, 0) is 17.9 Å². The van der Waals surface area contributed by atoms with Gasteiger partial charge in [-0.25, -0.2) is 0 Å². The topological polar surface area (TPSA) is 32.3 Å². The smallest absolute Gasteiger partial charge is 0.232 e. The summed E-state index contributed by atoms with van der Waals surface area (Å²) in [6, 6.07) is 28.5. The second-order valence-electron chi connectivity index (χ2n) is 7.25. The molecule has 0 aliphatic carbocycles. The summed E-state index contributed by atoms with van der Waals surface area (Å²) in [6.45, 7) is 7.96. The zero-order valence-electron chi connectivity index (χ0n) is 17.3. The van der Waals surface area contributed by atoms with Gasteiger partial charge < -0.3 is 5.32 Å². The molecule has 0 spiro atoms. The maximum Gasteiger partial charge on any atom is 0.232 e. The van der Waals surface area contributed by atoms with Crippen LogP contribution in [0.5, 0.6) is 0 Å². The van der Waals surface area contributed by atoms with E-state index in [-0.39, 0.29) is 11.8 Å². The molecule has 3 nitrogen and oxygen atoms in total. The quantitative estimate of drug-likeness (QED) is 0.563. The van der Waals surface area contributed by atoms with E-state index in [4.69, 9.17) is 0 Å². The lowest BCUT2D eigenvalue weighted by molar-refractivity contribution is -0.121. The molecule has 0 saturated heterocycles. The zero-order chi connectivity index (χ0) is 20.5. The van der Waals surface area contributed by atoms with E-state index >= 15 is 0 Å². The molecule has 0 aliphatic heterocycles. The largest absolute Gasteiger partial charge is 0.351 e. The Morgan fingerprint density at radius 3 is 1.72 bits per heavy atom. The maximum atomic E-state index is 13.1. The standard InChI is InChI=1S/C26H30N2O/c1-3-28(4-2)20-22-17-15-21(16-18-22)19-27-26(29)25(23-11-7-5-8-12-23)24-13-9-6-10-14-24/h5-18,25H,3-4,19-20H2,1-2H3,(H,27,29). The summed E-state index contributed by atoms with van der Waals surface area (Å²) in [7, 11) is 0. The average Bonchev–Trinajstić information content (AvgIpc) is 2.78. The van der Waals surface area contributed by atoms with Crippen LogP contribution in [0.2, 0.25) is 0 Å². The van der Waals surface area contributed by atoms with Crippen molar-refractivity contribution < 1.29 is 4.79 Å². The summed E-state index contributed by atoms with van der Waals surface area (Å²) in [5.74, 6) is -0.283. The molecule has 0 saturated carbocycles. The van der Waals surface area contributed by atoms with Gasteiger partial charge in [-0.1, -0.05) is 98.8 Å². The molecule has 29 heavy (non-hydrogen) atoms. The van der Waals surface area contributed by atoms with Gasteiger partial charge in [-0.15, -0.1) is 0 Å². The highest BCUT2D eigenvalue weighted by molar-refractivity contribution is 5.87. The van der Waals surface area contributed by atoms with Crippen molar-refractivity contribution in [2.45, 2.75) is 32.9 Å². The Morgan fingerprint density at radius 2 is 1.24 bits per heavy atom. The molecule has 0 fully saturated rings. The lowest BCUT2D eigenvalue weighted by Gasteiger charge is -2.19. The maximum absolute atomic E-state index is 13.1. The molecule has 3 rings (SSSR count). The average molecular weight is 387 g/mol. The summed E-state index contributed by atoms with van der Waals surface area (Å²) >= 11 is 0. The van der Waals surface area contributed by atoms with Crippen molar-refractivity contribution >= 4 is 5.91 Å². The third kappa shape index (κ3) is 5.78. The van der Waals surface area contributed by atoms with Crippen LogP contribution in [0.1, 0.15) is 42.0 Å². The first-order chi connectivity index (χ1) is 14.2. The first kappa shape index (κ1) is 20.8. The fourth-order valence-corrected chi connectivity index (χ4v) is 3.55. The van der Waals surface area contributed by atoms with Gasteiger partial charge in [0.1, 0.15) is 0 Å². The fraction of sp³-hybridized carbons (Fsp3) is 0.269. The summed E-state index contributed by atoms with van der Waals surface area (Å²) in [4.78, 5) is 15.5. The van der Waals surface area contributed by atoms with Crippen molar-refractivity contribution in [1.82, 2.24) is 10.2 Å². The fourth-order valence-electron chi connectivity index (χ4n) is 3.55. The van der Waals surface area contributed by atoms with Crippen LogP contribution in [0.3, 0.4) is 0 Å². The summed E-state index contributed by atoms with van der Waals surface area (Å²) in [5, 5.41) is 3.13. The second-order valence-corrected chi connectivity index (χ2v) is 7.25. The Bertz CT molecular complexity index is 832. The van der Waals surface area contributed by atoms with Crippen molar-refractivity contribution in [1.29, 1.82) is 0 Å². The molecular weight excluding hydrogens is 356 g/mol. The highest BCUT2D eigenvalue weighted by atomic mass is 16.1. The van der Waals surface area contributed by atoms with E-state index in [0.29, 0.717) is 6.54 Å². The van der Waals surface area contributed by atoms with Crippen LogP contribution >= 0.6 is 0 Å². The first-order valence-corrected chi connectivity index (χ1v) is 10.4. The number of hydrogen-bond donors (Lipinski definition) is 1. The number of carbonyl (C=O) groups is 1. The monoisotopic (exact) mass is 386 g/mol. The van der Waals surface area contributed by atoms with Crippen LogP contribution in [0, 0.1) is 0 Å². The normalized spacial score (nSPS) is 11.0. The lowest BCUT2D eigenvalue weighted by atomic mass is 9.90. The van der Waals surface area contributed by atoms with Gasteiger partial charge in [0.05, 0.1) is 5.92 Å². The van der Waals surface area contributed by atoms with Gasteiger partial charge in [0.2, 0.25) is 5.91 Å². The molecule has 1 N–H and O–H groups in total. The number of benzene rings is 3. The van der Waals surface area contributed by atoms with Gasteiger partial charge in [-0.05, 0) is 35.3 Å². The lowest BCUT2D eigenvalue weighted by Crippen LogP contribution is -2.29. The van der Waals surface area contributed by atoms with Crippen LogP contribution in [-0.4, -0.2) is 23.9 Å². The molecule has 0 heterocycles. The summed E-state index contributed by atoms with van der Waals surface area (Å²) in [5.41, 5.74) is 4.42. The molecule has 150 valence electrons. The number of nitrogens with zero attached hydrogens (tertiary/aromatic N) is 1. The van der Waals surface area contributed by atoms with E-state index in [9.17, 15) is 4.79 Å². The molecule has 3 aromatic carbocycles. The Balaban J connectivity index is 1.67. The number of amides is 1. The van der Waals surface area contributed by atoms with Gasteiger partial charge in [-0.2, -0.15) is 0 Å². The summed E-state index contributed by atoms with van der Waals surface area (Å²) < 4.78 is 0. The molecule has 3 aromatic rings. The molecule has 0 radical (unpaired) electrons. The Hall–Kier alpha value is -2.91. The van der Waals surface area contributed by atoms with E-state index in [1.807, 2.05) is 60.7 Å². The predicted octanol–water partition coefficient (Wildman–Crippen LogP) is 4.98. The molecule has 3 heteroatoms. The Kier molecular flexibility index (Phi) is 7.60. The SMILES string of the molecule is CCN(CC)Cc1ccc(CNC(=O)C(c2ccccc2)c2ccccc2)cc1. The predicted molar refractivity (Wildman–Crippen MR) is 120 cm³/mol. The molecule has 0 unspecified atom stereocenters. The zero-order valence-corrected chi connectivity index (χ0v) is 17.3. The van der Waals surface area contributed by atoms with E-state index in [2.05, 4.69) is 48.3 Å². The number of nitrogens with one attached hydrogen (secondary N) is 1. The van der Waals surface area contributed by atoms with Crippen LogP contribution in [0.4, 0.5) is 0 Å². The number of carbonyl (C=O) groups excluding carboxylic acids is 1. The first-order valence-electron chi connectivity index (χ1n) is 10.4. The minimum Gasteiger partial charge on any atom is -0.351 e. The third-order valence-electron chi connectivity index (χ3n) is 5.32. The van der Waals surface area contributed by atoms with Crippen molar-refractivity contribution in [2.75, 3.05) is 13.1 Å². The second kappa shape index (κ2) is 10.6. The van der Waals surface area contributed by atoms with Crippen LogP contribution < -0.4 is 5.32 Å². The minimum absolute atomic E-state index is 0.0228. The molecule has 1 amide bonds. The Morgan fingerprint density at radius 1 is 0.759 bits per heavy atom. The van der Waals surface area contributed by atoms with Crippen molar-refractivity contribution in [3.05, 3.63) is 107 Å². The Labute approximate surface area is 174 Å². The van der Waals surface area contributed by atoms with E-state index < -0.39 is 0 Å².